The predicted octanol–water partition coefficient (Wildman–Crippen LogP) is 1.34. The van der Waals surface area contributed by atoms with Gasteiger partial charge in [-0.05, 0) is 39.3 Å². The fourth-order valence-electron chi connectivity index (χ4n) is 2.34. The summed E-state index contributed by atoms with van der Waals surface area (Å²) in [5.74, 6) is 0.505. The van der Waals surface area contributed by atoms with E-state index in [9.17, 15) is 4.79 Å². The largest absolute Gasteiger partial charge is 0.344 e. The van der Waals surface area contributed by atoms with Crippen molar-refractivity contribution in [3.63, 3.8) is 0 Å². The monoisotopic (exact) mass is 237 g/mol. The third-order valence-corrected chi connectivity index (χ3v) is 3.79. The van der Waals surface area contributed by atoms with Crippen molar-refractivity contribution in [1.29, 1.82) is 5.26 Å². The van der Waals surface area contributed by atoms with Crippen LogP contribution in [0.15, 0.2) is 0 Å². The highest BCUT2D eigenvalue weighted by molar-refractivity contribution is 5.84. The Morgan fingerprint density at radius 3 is 2.71 bits per heavy atom. The smallest absolute Gasteiger partial charge is 0.242 e. The van der Waals surface area contributed by atoms with Crippen LogP contribution in [-0.2, 0) is 4.79 Å². The van der Waals surface area contributed by atoms with Crippen molar-refractivity contribution in [3.05, 3.63) is 0 Å². The highest BCUT2D eigenvalue weighted by Gasteiger charge is 2.35. The summed E-state index contributed by atoms with van der Waals surface area (Å²) in [5, 5.41) is 9.10. The van der Waals surface area contributed by atoms with Gasteiger partial charge in [-0.25, -0.2) is 0 Å². The highest BCUT2D eigenvalue weighted by Crippen LogP contribution is 2.24. The standard InChI is InChI=1S/C13H23N3O/c1-5-13(2,10-14)12(17)16(4)9-11-6-7-15(3)8-11/h11H,5-9H2,1-4H3. The van der Waals surface area contributed by atoms with Gasteiger partial charge in [0.2, 0.25) is 5.91 Å². The number of likely N-dealkylation sites (tertiary alicyclic amines) is 1. The Kier molecular flexibility index (Phi) is 4.53. The second-order valence-electron chi connectivity index (χ2n) is 5.40. The molecule has 17 heavy (non-hydrogen) atoms. The molecule has 1 rings (SSSR count). The van der Waals surface area contributed by atoms with Crippen LogP contribution < -0.4 is 0 Å². The molecule has 1 aliphatic rings. The molecule has 2 unspecified atom stereocenters. The van der Waals surface area contributed by atoms with E-state index in [0.29, 0.717) is 12.3 Å². The molecule has 0 aromatic heterocycles. The van der Waals surface area contributed by atoms with Gasteiger partial charge in [-0.15, -0.1) is 0 Å². The molecule has 1 amide bonds. The average Bonchev–Trinajstić information content (AvgIpc) is 2.72. The van der Waals surface area contributed by atoms with Crippen LogP contribution in [0.25, 0.3) is 0 Å². The van der Waals surface area contributed by atoms with Gasteiger partial charge in [-0.3, -0.25) is 4.79 Å². The van der Waals surface area contributed by atoms with Gasteiger partial charge in [0.1, 0.15) is 5.41 Å². The van der Waals surface area contributed by atoms with E-state index in [1.807, 2.05) is 14.0 Å². The minimum Gasteiger partial charge on any atom is -0.344 e. The summed E-state index contributed by atoms with van der Waals surface area (Å²) >= 11 is 0. The molecule has 0 bridgehead atoms. The molecule has 96 valence electrons. The summed E-state index contributed by atoms with van der Waals surface area (Å²) in [6.07, 6.45) is 1.71. The Hall–Kier alpha value is -1.08. The van der Waals surface area contributed by atoms with Crippen LogP contribution in [-0.4, -0.2) is 49.4 Å². The van der Waals surface area contributed by atoms with Gasteiger partial charge in [0, 0.05) is 20.1 Å². The Balaban J connectivity index is 2.56. The van der Waals surface area contributed by atoms with Gasteiger partial charge in [0.05, 0.1) is 6.07 Å². The van der Waals surface area contributed by atoms with E-state index < -0.39 is 5.41 Å². The Morgan fingerprint density at radius 2 is 2.29 bits per heavy atom. The fourth-order valence-corrected chi connectivity index (χ4v) is 2.34. The van der Waals surface area contributed by atoms with Crippen molar-refractivity contribution in [3.8, 4) is 6.07 Å². The minimum atomic E-state index is -0.862. The quantitative estimate of drug-likeness (QED) is 0.741. The van der Waals surface area contributed by atoms with E-state index in [0.717, 1.165) is 26.1 Å². The lowest BCUT2D eigenvalue weighted by Crippen LogP contribution is -2.41. The SMILES string of the molecule is CCC(C)(C#N)C(=O)N(C)CC1CCN(C)C1. The minimum absolute atomic E-state index is 0.0444. The zero-order valence-corrected chi connectivity index (χ0v) is 11.4. The topological polar surface area (TPSA) is 47.3 Å². The van der Waals surface area contributed by atoms with E-state index in [1.54, 1.807) is 11.8 Å². The number of amides is 1. The highest BCUT2D eigenvalue weighted by atomic mass is 16.2. The zero-order chi connectivity index (χ0) is 13.1. The summed E-state index contributed by atoms with van der Waals surface area (Å²) in [5.41, 5.74) is -0.862. The Labute approximate surface area is 104 Å². The zero-order valence-electron chi connectivity index (χ0n) is 11.4. The number of rotatable bonds is 4. The number of carbonyl (C=O) groups excluding carboxylic acids is 1. The number of hydrogen-bond acceptors (Lipinski definition) is 3. The van der Waals surface area contributed by atoms with Crippen LogP contribution >= 0.6 is 0 Å². The second-order valence-corrected chi connectivity index (χ2v) is 5.40. The maximum absolute atomic E-state index is 12.2. The molecule has 0 saturated carbocycles. The third-order valence-electron chi connectivity index (χ3n) is 3.79. The van der Waals surface area contributed by atoms with Crippen molar-refractivity contribution in [1.82, 2.24) is 9.80 Å². The second kappa shape index (κ2) is 5.50. The van der Waals surface area contributed by atoms with E-state index in [1.165, 1.54) is 0 Å². The molecule has 4 heteroatoms. The normalized spacial score (nSPS) is 24.1. The molecule has 1 saturated heterocycles. The van der Waals surface area contributed by atoms with Crippen molar-refractivity contribution < 1.29 is 4.79 Å². The summed E-state index contributed by atoms with van der Waals surface area (Å²) in [6, 6.07) is 2.14. The van der Waals surface area contributed by atoms with E-state index in [4.69, 9.17) is 5.26 Å². The average molecular weight is 237 g/mol. The van der Waals surface area contributed by atoms with Gasteiger partial charge in [-0.2, -0.15) is 5.26 Å². The Bertz CT molecular complexity index is 323. The molecule has 4 nitrogen and oxygen atoms in total. The van der Waals surface area contributed by atoms with Crippen LogP contribution in [0.4, 0.5) is 0 Å². The molecule has 0 spiro atoms. The molecule has 0 aromatic rings. The molecule has 0 aliphatic carbocycles. The first-order chi connectivity index (χ1) is 7.92. The lowest BCUT2D eigenvalue weighted by atomic mass is 9.87. The molecule has 0 radical (unpaired) electrons. The van der Waals surface area contributed by atoms with Crippen LogP contribution in [0.3, 0.4) is 0 Å². The first-order valence-electron chi connectivity index (χ1n) is 6.28. The fraction of sp³-hybridized carbons (Fsp3) is 0.846. The lowest BCUT2D eigenvalue weighted by Gasteiger charge is -2.28. The molecule has 1 heterocycles. The van der Waals surface area contributed by atoms with Gasteiger partial charge < -0.3 is 9.80 Å². The lowest BCUT2D eigenvalue weighted by molar-refractivity contribution is -0.137. The maximum Gasteiger partial charge on any atom is 0.242 e. The van der Waals surface area contributed by atoms with Gasteiger partial charge in [0.15, 0.2) is 0 Å². The molecule has 1 aliphatic heterocycles. The van der Waals surface area contributed by atoms with E-state index >= 15 is 0 Å². The first-order valence-corrected chi connectivity index (χ1v) is 6.28. The van der Waals surface area contributed by atoms with Gasteiger partial charge >= 0.3 is 0 Å². The summed E-state index contributed by atoms with van der Waals surface area (Å²) in [7, 11) is 3.92. The number of nitrogens with zero attached hydrogens (tertiary/aromatic N) is 3. The molecular weight excluding hydrogens is 214 g/mol. The summed E-state index contributed by atoms with van der Waals surface area (Å²) < 4.78 is 0. The summed E-state index contributed by atoms with van der Waals surface area (Å²) in [4.78, 5) is 16.2. The predicted molar refractivity (Wildman–Crippen MR) is 67.3 cm³/mol. The molecule has 1 fully saturated rings. The Morgan fingerprint density at radius 1 is 1.65 bits per heavy atom. The number of hydrogen-bond donors (Lipinski definition) is 0. The maximum atomic E-state index is 12.2. The van der Waals surface area contributed by atoms with Crippen LogP contribution in [0.5, 0.6) is 0 Å². The third kappa shape index (κ3) is 3.19. The van der Waals surface area contributed by atoms with Crippen LogP contribution in [0.1, 0.15) is 26.7 Å². The van der Waals surface area contributed by atoms with Gasteiger partial charge in [-0.1, -0.05) is 6.92 Å². The first kappa shape index (κ1) is 14.0. The van der Waals surface area contributed by atoms with E-state index in [2.05, 4.69) is 18.0 Å². The van der Waals surface area contributed by atoms with Crippen molar-refractivity contribution in [2.45, 2.75) is 26.7 Å². The van der Waals surface area contributed by atoms with Gasteiger partial charge in [0.25, 0.3) is 0 Å². The number of carbonyl (C=O) groups is 1. The van der Waals surface area contributed by atoms with Crippen molar-refractivity contribution in [2.24, 2.45) is 11.3 Å². The molecule has 2 atom stereocenters. The van der Waals surface area contributed by atoms with Crippen molar-refractivity contribution >= 4 is 5.91 Å². The summed E-state index contributed by atoms with van der Waals surface area (Å²) in [6.45, 7) is 6.54. The molecule has 0 aromatic carbocycles. The van der Waals surface area contributed by atoms with E-state index in [-0.39, 0.29) is 5.91 Å². The number of nitriles is 1. The van der Waals surface area contributed by atoms with Crippen LogP contribution in [0.2, 0.25) is 0 Å². The molecular formula is C13H23N3O. The van der Waals surface area contributed by atoms with Crippen molar-refractivity contribution in [2.75, 3.05) is 33.7 Å². The van der Waals surface area contributed by atoms with Crippen LogP contribution in [0, 0.1) is 22.7 Å². The molecule has 0 N–H and O–H groups in total.